The fourth-order valence-electron chi connectivity index (χ4n) is 2.92. The maximum Gasteiger partial charge on any atom is 0.271 e. The van der Waals surface area contributed by atoms with Gasteiger partial charge in [0.25, 0.3) is 5.69 Å². The molecule has 1 fully saturated rings. The summed E-state index contributed by atoms with van der Waals surface area (Å²) in [4.78, 5) is 25.0. The Hall–Kier alpha value is -2.20. The summed E-state index contributed by atoms with van der Waals surface area (Å²) >= 11 is 0. The highest BCUT2D eigenvalue weighted by molar-refractivity contribution is 7.92. The van der Waals surface area contributed by atoms with E-state index in [9.17, 15) is 23.3 Å². The van der Waals surface area contributed by atoms with E-state index in [2.05, 4.69) is 10.2 Å². The molecular formula is C16H24N4O5S. The number of non-ortho nitro benzene ring substituents is 1. The van der Waals surface area contributed by atoms with E-state index in [4.69, 9.17) is 0 Å². The molecule has 1 aromatic rings. The minimum Gasteiger partial charge on any atom is -0.352 e. The molecule has 0 saturated carbocycles. The van der Waals surface area contributed by atoms with E-state index in [1.165, 1.54) is 18.2 Å². The molecule has 0 atom stereocenters. The number of carbonyl (C=O) groups excluding carboxylic acids is 1. The number of rotatable bonds is 6. The first-order valence-corrected chi connectivity index (χ1v) is 10.1. The Kier molecular flexibility index (Phi) is 6.19. The molecule has 2 rings (SSSR count). The van der Waals surface area contributed by atoms with Crippen molar-refractivity contribution in [1.29, 1.82) is 0 Å². The minimum atomic E-state index is -3.79. The number of hydrogen-bond acceptors (Lipinski definition) is 6. The topological polar surface area (TPSA) is 113 Å². The minimum absolute atomic E-state index is 0.00585. The number of nitro groups is 1. The monoisotopic (exact) mass is 384 g/mol. The average Bonchev–Trinajstić information content (AvgIpc) is 2.54. The van der Waals surface area contributed by atoms with Crippen molar-refractivity contribution in [2.45, 2.75) is 25.8 Å². The average molecular weight is 384 g/mol. The van der Waals surface area contributed by atoms with Gasteiger partial charge in [0, 0.05) is 18.2 Å². The van der Waals surface area contributed by atoms with Gasteiger partial charge >= 0.3 is 0 Å². The molecule has 26 heavy (non-hydrogen) atoms. The van der Waals surface area contributed by atoms with Gasteiger partial charge in [-0.05, 0) is 45.5 Å². The fraction of sp³-hybridized carbons (Fsp3) is 0.562. The van der Waals surface area contributed by atoms with Crippen LogP contribution in [0.25, 0.3) is 0 Å². The first-order chi connectivity index (χ1) is 12.1. The van der Waals surface area contributed by atoms with Gasteiger partial charge in [0.2, 0.25) is 15.9 Å². The predicted molar refractivity (Wildman–Crippen MR) is 98.7 cm³/mol. The van der Waals surface area contributed by atoms with Gasteiger partial charge in [-0.2, -0.15) is 0 Å². The molecule has 0 aromatic heterocycles. The summed E-state index contributed by atoms with van der Waals surface area (Å²) < 4.78 is 25.3. The Bertz CT molecular complexity index is 788. The molecule has 9 nitrogen and oxygen atoms in total. The van der Waals surface area contributed by atoms with E-state index in [-0.39, 0.29) is 17.4 Å². The van der Waals surface area contributed by atoms with Crippen LogP contribution in [0.4, 0.5) is 11.4 Å². The van der Waals surface area contributed by atoms with Gasteiger partial charge < -0.3 is 10.2 Å². The fourth-order valence-corrected chi connectivity index (χ4v) is 3.82. The van der Waals surface area contributed by atoms with Crippen LogP contribution in [0.15, 0.2) is 18.2 Å². The van der Waals surface area contributed by atoms with Gasteiger partial charge in [0.15, 0.2) is 0 Å². The van der Waals surface area contributed by atoms with Crippen LogP contribution in [-0.2, 0) is 14.8 Å². The van der Waals surface area contributed by atoms with Crippen LogP contribution in [0.3, 0.4) is 0 Å². The van der Waals surface area contributed by atoms with Crippen molar-refractivity contribution >= 4 is 27.3 Å². The molecule has 1 aliphatic heterocycles. The molecule has 1 amide bonds. The third-order valence-corrected chi connectivity index (χ3v) is 5.57. The van der Waals surface area contributed by atoms with Crippen LogP contribution in [0.2, 0.25) is 0 Å². The lowest BCUT2D eigenvalue weighted by molar-refractivity contribution is -0.384. The first kappa shape index (κ1) is 20.1. The SMILES string of the molecule is Cc1ccc([N+](=O)[O-])cc1N(CC(=O)NC1CCN(C)CC1)S(C)(=O)=O. The normalized spacial score (nSPS) is 16.3. The molecule has 0 radical (unpaired) electrons. The number of benzene rings is 1. The van der Waals surface area contributed by atoms with Gasteiger partial charge in [0.05, 0.1) is 16.9 Å². The Morgan fingerprint density at radius 2 is 2.00 bits per heavy atom. The Morgan fingerprint density at radius 1 is 1.38 bits per heavy atom. The number of amides is 1. The van der Waals surface area contributed by atoms with E-state index in [1.54, 1.807) is 6.92 Å². The summed E-state index contributed by atoms with van der Waals surface area (Å²) in [6.07, 6.45) is 2.59. The number of nitro benzene ring substituents is 1. The van der Waals surface area contributed by atoms with Crippen LogP contribution in [0.1, 0.15) is 18.4 Å². The molecule has 0 spiro atoms. The summed E-state index contributed by atoms with van der Waals surface area (Å²) in [5.41, 5.74) is 0.448. The summed E-state index contributed by atoms with van der Waals surface area (Å²) in [5.74, 6) is -0.420. The van der Waals surface area contributed by atoms with E-state index < -0.39 is 27.4 Å². The lowest BCUT2D eigenvalue weighted by Gasteiger charge is -2.30. The summed E-state index contributed by atoms with van der Waals surface area (Å²) in [6.45, 7) is 2.97. The molecule has 144 valence electrons. The summed E-state index contributed by atoms with van der Waals surface area (Å²) in [6, 6.07) is 3.96. The van der Waals surface area contributed by atoms with Crippen molar-refractivity contribution in [2.24, 2.45) is 0 Å². The van der Waals surface area contributed by atoms with Crippen LogP contribution in [-0.4, -0.2) is 63.1 Å². The van der Waals surface area contributed by atoms with Crippen molar-refractivity contribution in [3.8, 4) is 0 Å². The van der Waals surface area contributed by atoms with Gasteiger partial charge in [0.1, 0.15) is 6.54 Å². The smallest absolute Gasteiger partial charge is 0.271 e. The highest BCUT2D eigenvalue weighted by atomic mass is 32.2. The quantitative estimate of drug-likeness (QED) is 0.575. The zero-order valence-corrected chi connectivity index (χ0v) is 16.0. The number of sulfonamides is 1. The third-order valence-electron chi connectivity index (χ3n) is 4.44. The van der Waals surface area contributed by atoms with Crippen molar-refractivity contribution in [3.63, 3.8) is 0 Å². The lowest BCUT2D eigenvalue weighted by Crippen LogP contribution is -2.47. The number of nitrogens with zero attached hydrogens (tertiary/aromatic N) is 3. The summed E-state index contributed by atoms with van der Waals surface area (Å²) in [7, 11) is -1.78. The van der Waals surface area contributed by atoms with Gasteiger partial charge in [-0.3, -0.25) is 19.2 Å². The maximum absolute atomic E-state index is 12.4. The highest BCUT2D eigenvalue weighted by Gasteiger charge is 2.26. The zero-order chi connectivity index (χ0) is 19.5. The number of anilines is 1. The second-order valence-electron chi connectivity index (χ2n) is 6.64. The standard InChI is InChI=1S/C16H24N4O5S/c1-12-4-5-14(20(22)23)10-15(12)19(26(3,24)25)11-16(21)17-13-6-8-18(2)9-7-13/h4-5,10,13H,6-9,11H2,1-3H3,(H,17,21). The van der Waals surface area contributed by atoms with Crippen molar-refractivity contribution in [2.75, 3.05) is 37.2 Å². The number of likely N-dealkylation sites (tertiary alicyclic amines) is 1. The lowest BCUT2D eigenvalue weighted by atomic mass is 10.1. The third kappa shape index (κ3) is 5.15. The second-order valence-corrected chi connectivity index (χ2v) is 8.55. The van der Waals surface area contributed by atoms with Crippen molar-refractivity contribution in [3.05, 3.63) is 33.9 Å². The van der Waals surface area contributed by atoms with E-state index in [1.807, 2.05) is 7.05 Å². The number of piperidine rings is 1. The predicted octanol–water partition coefficient (Wildman–Crippen LogP) is 0.880. The largest absolute Gasteiger partial charge is 0.352 e. The molecule has 1 aromatic carbocycles. The highest BCUT2D eigenvalue weighted by Crippen LogP contribution is 2.27. The number of aryl methyl sites for hydroxylation is 1. The van der Waals surface area contributed by atoms with Crippen LogP contribution < -0.4 is 9.62 Å². The van der Waals surface area contributed by atoms with E-state index in [0.29, 0.717) is 5.56 Å². The molecule has 1 heterocycles. The van der Waals surface area contributed by atoms with Gasteiger partial charge in [-0.15, -0.1) is 0 Å². The van der Waals surface area contributed by atoms with Crippen LogP contribution in [0.5, 0.6) is 0 Å². The van der Waals surface area contributed by atoms with Crippen LogP contribution >= 0.6 is 0 Å². The second kappa shape index (κ2) is 8.00. The molecule has 0 aliphatic carbocycles. The number of nitrogens with one attached hydrogen (secondary N) is 1. The molecule has 1 saturated heterocycles. The first-order valence-electron chi connectivity index (χ1n) is 8.28. The summed E-state index contributed by atoms with van der Waals surface area (Å²) in [5, 5.41) is 13.9. The molecular weight excluding hydrogens is 360 g/mol. The van der Waals surface area contributed by atoms with Gasteiger partial charge in [-0.1, -0.05) is 6.07 Å². The zero-order valence-electron chi connectivity index (χ0n) is 15.1. The molecule has 0 bridgehead atoms. The van der Waals surface area contributed by atoms with Crippen molar-refractivity contribution in [1.82, 2.24) is 10.2 Å². The number of carbonyl (C=O) groups is 1. The molecule has 1 N–H and O–H groups in total. The van der Waals surface area contributed by atoms with Crippen LogP contribution in [0, 0.1) is 17.0 Å². The number of hydrogen-bond donors (Lipinski definition) is 1. The van der Waals surface area contributed by atoms with E-state index in [0.717, 1.165) is 36.5 Å². The van der Waals surface area contributed by atoms with Crippen molar-refractivity contribution < 1.29 is 18.1 Å². The Labute approximate surface area is 153 Å². The molecule has 0 unspecified atom stereocenters. The van der Waals surface area contributed by atoms with Gasteiger partial charge in [-0.25, -0.2) is 8.42 Å². The molecule has 10 heteroatoms. The van der Waals surface area contributed by atoms with E-state index >= 15 is 0 Å². The molecule has 1 aliphatic rings. The Balaban J connectivity index is 2.20. The Morgan fingerprint density at radius 3 is 2.54 bits per heavy atom. The maximum atomic E-state index is 12.4.